The summed E-state index contributed by atoms with van der Waals surface area (Å²) in [6, 6.07) is 6.04. The topological polar surface area (TPSA) is 68.6 Å². The van der Waals surface area contributed by atoms with E-state index in [1.807, 2.05) is 42.9 Å². The van der Waals surface area contributed by atoms with Crippen molar-refractivity contribution < 1.29 is 14.3 Å². The molecule has 0 atom stereocenters. The Morgan fingerprint density at radius 3 is 2.89 bits per heavy atom. The lowest BCUT2D eigenvalue weighted by atomic mass is 9.93. The summed E-state index contributed by atoms with van der Waals surface area (Å²) in [4.78, 5) is 14.7. The summed E-state index contributed by atoms with van der Waals surface area (Å²) in [5.74, 6) is 1.50. The van der Waals surface area contributed by atoms with E-state index in [0.29, 0.717) is 19.1 Å². The zero-order valence-electron chi connectivity index (χ0n) is 16.1. The van der Waals surface area contributed by atoms with Crippen molar-refractivity contribution in [2.45, 2.75) is 51.3 Å². The second kappa shape index (κ2) is 6.79. The zero-order valence-corrected chi connectivity index (χ0v) is 16.1. The van der Waals surface area contributed by atoms with Crippen LogP contribution in [0.4, 0.5) is 10.5 Å². The second-order valence-corrected chi connectivity index (χ2v) is 7.92. The third-order valence-electron chi connectivity index (χ3n) is 5.18. The van der Waals surface area contributed by atoms with Crippen molar-refractivity contribution in [2.24, 2.45) is 0 Å². The SMILES string of the molecule is COc1ccc2c(c1)OC(C)(C)CN(C(=O)Nc1cnn(C3CCC3)c1)C2. The van der Waals surface area contributed by atoms with E-state index in [1.165, 1.54) is 6.42 Å². The van der Waals surface area contributed by atoms with E-state index in [2.05, 4.69) is 10.4 Å². The molecule has 1 saturated carbocycles. The monoisotopic (exact) mass is 370 g/mol. The average Bonchev–Trinajstić information content (AvgIpc) is 2.95. The number of nitrogens with one attached hydrogen (secondary N) is 1. The number of urea groups is 1. The molecule has 2 heterocycles. The number of anilines is 1. The molecule has 0 unspecified atom stereocenters. The van der Waals surface area contributed by atoms with Gasteiger partial charge in [0.2, 0.25) is 0 Å². The van der Waals surface area contributed by atoms with Crippen LogP contribution in [0.2, 0.25) is 0 Å². The summed E-state index contributed by atoms with van der Waals surface area (Å²) in [6.07, 6.45) is 7.20. The Hall–Kier alpha value is -2.70. The molecule has 1 aliphatic heterocycles. The highest BCUT2D eigenvalue weighted by molar-refractivity contribution is 5.89. The lowest BCUT2D eigenvalue weighted by Gasteiger charge is -2.29. The molecule has 4 rings (SSSR count). The smallest absolute Gasteiger partial charge is 0.322 e. The van der Waals surface area contributed by atoms with E-state index in [0.717, 1.165) is 35.6 Å². The third kappa shape index (κ3) is 3.72. The van der Waals surface area contributed by atoms with Crippen LogP contribution >= 0.6 is 0 Å². The van der Waals surface area contributed by atoms with Gasteiger partial charge in [-0.1, -0.05) is 0 Å². The lowest BCUT2D eigenvalue weighted by molar-refractivity contribution is 0.0833. The first-order valence-electron chi connectivity index (χ1n) is 9.39. The molecule has 0 saturated heterocycles. The fourth-order valence-electron chi connectivity index (χ4n) is 3.54. The minimum absolute atomic E-state index is 0.150. The number of carbonyl (C=O) groups is 1. The molecule has 0 bridgehead atoms. The largest absolute Gasteiger partial charge is 0.497 e. The molecular formula is C20H26N4O3. The Balaban J connectivity index is 1.51. The molecule has 1 aromatic carbocycles. The maximum absolute atomic E-state index is 12.9. The van der Waals surface area contributed by atoms with Crippen molar-refractivity contribution in [3.05, 3.63) is 36.2 Å². The van der Waals surface area contributed by atoms with Crippen LogP contribution in [0.15, 0.2) is 30.6 Å². The minimum Gasteiger partial charge on any atom is -0.497 e. The number of fused-ring (bicyclic) bond motifs is 1. The molecule has 1 aliphatic carbocycles. The van der Waals surface area contributed by atoms with Crippen molar-refractivity contribution in [3.63, 3.8) is 0 Å². The van der Waals surface area contributed by atoms with Gasteiger partial charge in [-0.25, -0.2) is 4.79 Å². The lowest BCUT2D eigenvalue weighted by Crippen LogP contribution is -2.44. The number of carbonyl (C=O) groups excluding carboxylic acids is 1. The van der Waals surface area contributed by atoms with Gasteiger partial charge in [0.05, 0.1) is 38.1 Å². The molecule has 2 amide bonds. The molecular weight excluding hydrogens is 344 g/mol. The number of benzene rings is 1. The molecule has 1 fully saturated rings. The molecule has 7 nitrogen and oxygen atoms in total. The van der Waals surface area contributed by atoms with Gasteiger partial charge < -0.3 is 19.7 Å². The Kier molecular flexibility index (Phi) is 4.45. The molecule has 1 N–H and O–H groups in total. The van der Waals surface area contributed by atoms with Gasteiger partial charge in [-0.2, -0.15) is 5.10 Å². The number of nitrogens with zero attached hydrogens (tertiary/aromatic N) is 3. The van der Waals surface area contributed by atoms with Crippen LogP contribution in [0.5, 0.6) is 11.5 Å². The fourth-order valence-corrected chi connectivity index (χ4v) is 3.54. The summed E-state index contributed by atoms with van der Waals surface area (Å²) in [6.45, 7) is 4.92. The second-order valence-electron chi connectivity index (χ2n) is 7.92. The van der Waals surface area contributed by atoms with Gasteiger partial charge in [-0.3, -0.25) is 4.68 Å². The summed E-state index contributed by atoms with van der Waals surface area (Å²) in [5, 5.41) is 7.36. The summed E-state index contributed by atoms with van der Waals surface area (Å²) >= 11 is 0. The standard InChI is InChI=1S/C20H26N4O3/c1-20(2)13-23(11-14-7-8-17(26-3)9-18(14)27-20)19(25)22-15-10-21-24(12-15)16-5-4-6-16/h7-10,12,16H,4-6,11,13H2,1-3H3,(H,22,25). The van der Waals surface area contributed by atoms with Crippen molar-refractivity contribution >= 4 is 11.7 Å². The van der Waals surface area contributed by atoms with Crippen molar-refractivity contribution in [3.8, 4) is 11.5 Å². The third-order valence-corrected chi connectivity index (χ3v) is 5.18. The van der Waals surface area contributed by atoms with Crippen LogP contribution in [0.1, 0.15) is 44.7 Å². The van der Waals surface area contributed by atoms with Crippen LogP contribution in [0, 0.1) is 0 Å². The Morgan fingerprint density at radius 1 is 1.37 bits per heavy atom. The number of ether oxygens (including phenoxy) is 2. The highest BCUT2D eigenvalue weighted by atomic mass is 16.5. The molecule has 2 aromatic rings. The van der Waals surface area contributed by atoms with Crippen LogP contribution in [0.3, 0.4) is 0 Å². The number of aromatic nitrogens is 2. The van der Waals surface area contributed by atoms with Gasteiger partial charge in [0.25, 0.3) is 0 Å². The van der Waals surface area contributed by atoms with E-state index in [1.54, 1.807) is 18.2 Å². The van der Waals surface area contributed by atoms with Crippen LogP contribution in [-0.4, -0.2) is 40.0 Å². The number of rotatable bonds is 3. The zero-order chi connectivity index (χ0) is 19.0. The van der Waals surface area contributed by atoms with E-state index in [-0.39, 0.29) is 6.03 Å². The van der Waals surface area contributed by atoms with E-state index in [4.69, 9.17) is 9.47 Å². The van der Waals surface area contributed by atoms with Crippen molar-refractivity contribution in [2.75, 3.05) is 19.0 Å². The van der Waals surface area contributed by atoms with Crippen LogP contribution in [0.25, 0.3) is 0 Å². The number of hydrogen-bond donors (Lipinski definition) is 1. The average molecular weight is 370 g/mol. The predicted molar refractivity (Wildman–Crippen MR) is 102 cm³/mol. The van der Waals surface area contributed by atoms with Crippen molar-refractivity contribution in [1.29, 1.82) is 0 Å². The van der Waals surface area contributed by atoms with Gasteiger partial charge in [-0.15, -0.1) is 0 Å². The highest BCUT2D eigenvalue weighted by Gasteiger charge is 2.32. The summed E-state index contributed by atoms with van der Waals surface area (Å²) < 4.78 is 13.4. The number of hydrogen-bond acceptors (Lipinski definition) is 4. The van der Waals surface area contributed by atoms with Gasteiger partial charge >= 0.3 is 6.03 Å². The quantitative estimate of drug-likeness (QED) is 0.892. The molecule has 27 heavy (non-hydrogen) atoms. The summed E-state index contributed by atoms with van der Waals surface area (Å²) in [5.41, 5.74) is 1.18. The van der Waals surface area contributed by atoms with E-state index in [9.17, 15) is 4.79 Å². The van der Waals surface area contributed by atoms with Crippen LogP contribution < -0.4 is 14.8 Å². The Morgan fingerprint density at radius 2 is 2.19 bits per heavy atom. The van der Waals surface area contributed by atoms with Gasteiger partial charge in [0.15, 0.2) is 0 Å². The molecule has 2 aliphatic rings. The molecule has 144 valence electrons. The fraction of sp³-hybridized carbons (Fsp3) is 0.500. The maximum atomic E-state index is 12.9. The van der Waals surface area contributed by atoms with Gasteiger partial charge in [-0.05, 0) is 45.2 Å². The Labute approximate surface area is 159 Å². The minimum atomic E-state index is -0.509. The molecule has 7 heteroatoms. The van der Waals surface area contributed by atoms with Gasteiger partial charge in [0, 0.05) is 17.8 Å². The normalized spacial score (nSPS) is 18.7. The first-order valence-corrected chi connectivity index (χ1v) is 9.39. The van der Waals surface area contributed by atoms with Crippen LogP contribution in [-0.2, 0) is 6.54 Å². The van der Waals surface area contributed by atoms with E-state index < -0.39 is 5.60 Å². The molecule has 1 aromatic heterocycles. The summed E-state index contributed by atoms with van der Waals surface area (Å²) in [7, 11) is 1.63. The number of amides is 2. The molecule has 0 radical (unpaired) electrons. The first kappa shape index (κ1) is 17.7. The predicted octanol–water partition coefficient (Wildman–Crippen LogP) is 3.82. The molecule has 0 spiro atoms. The first-order chi connectivity index (χ1) is 12.9. The highest BCUT2D eigenvalue weighted by Crippen LogP contribution is 2.33. The number of methoxy groups -OCH3 is 1. The maximum Gasteiger partial charge on any atom is 0.322 e. The Bertz CT molecular complexity index is 842. The van der Waals surface area contributed by atoms with Crippen molar-refractivity contribution in [1.82, 2.24) is 14.7 Å². The van der Waals surface area contributed by atoms with E-state index >= 15 is 0 Å². The van der Waals surface area contributed by atoms with Gasteiger partial charge in [0.1, 0.15) is 17.1 Å².